The minimum atomic E-state index is -0.945. The lowest BCUT2D eigenvalue weighted by molar-refractivity contribution is -0.000540. The fraction of sp³-hybridized carbons (Fsp3) is 0.268. The Bertz CT molecular complexity index is 2270. The van der Waals surface area contributed by atoms with Crippen molar-refractivity contribution in [1.29, 1.82) is 0 Å². The third-order valence-electron chi connectivity index (χ3n) is 10.1. The summed E-state index contributed by atoms with van der Waals surface area (Å²) in [5.74, 6) is -1.76. The van der Waals surface area contributed by atoms with Gasteiger partial charge in [0, 0.05) is 84.8 Å². The van der Waals surface area contributed by atoms with Crippen LogP contribution in [0.3, 0.4) is 0 Å². The fourth-order valence-electron chi connectivity index (χ4n) is 7.05. The van der Waals surface area contributed by atoms with E-state index < -0.39 is 17.5 Å². The number of nitrogens with zero attached hydrogens (tertiary/aromatic N) is 3. The molecule has 0 unspecified atom stereocenters. The molecule has 15 heteroatoms. The Morgan fingerprint density at radius 3 is 2.39 bits per heavy atom. The summed E-state index contributed by atoms with van der Waals surface area (Å²) in [5.41, 5.74) is 4.24. The average Bonchev–Trinajstić information content (AvgIpc) is 3.57. The van der Waals surface area contributed by atoms with Gasteiger partial charge in [-0.3, -0.25) is 14.4 Å². The van der Waals surface area contributed by atoms with Gasteiger partial charge in [-0.2, -0.15) is 4.98 Å². The number of thiophene rings is 1. The summed E-state index contributed by atoms with van der Waals surface area (Å²) in [6, 6.07) is 18.1. The quantitative estimate of drug-likeness (QED) is 0.158. The zero-order valence-corrected chi connectivity index (χ0v) is 32.0. The summed E-state index contributed by atoms with van der Waals surface area (Å²) in [6.45, 7) is 3.99. The average molecular weight is 804 g/mol. The number of aldehydes is 1. The monoisotopic (exact) mass is 803 g/mol. The van der Waals surface area contributed by atoms with E-state index in [2.05, 4.69) is 20.5 Å². The van der Waals surface area contributed by atoms with Crippen LogP contribution in [0.2, 0.25) is 5.02 Å². The van der Waals surface area contributed by atoms with Crippen LogP contribution in [0.1, 0.15) is 48.8 Å². The number of carbonyl (C=O) groups is 3. The SMILES string of the molecule is CN1CCc2cc(C(=O)Nc3c(F)cc(F)cc3Cl)sc2-c2ccc(F)cc21.COc1ccc(C(=O)Nc2ccc(C=O)cc2)c(N2CC3(CCOCC3)C2)n1. The van der Waals surface area contributed by atoms with Gasteiger partial charge in [0.05, 0.1) is 28.3 Å². The van der Waals surface area contributed by atoms with Crippen molar-refractivity contribution in [3.8, 4) is 16.3 Å². The number of carbonyl (C=O) groups excluding carboxylic acids is 3. The van der Waals surface area contributed by atoms with Crippen LogP contribution in [0.5, 0.6) is 5.88 Å². The van der Waals surface area contributed by atoms with Crippen LogP contribution in [0.15, 0.2) is 72.8 Å². The molecule has 0 radical (unpaired) electrons. The van der Waals surface area contributed by atoms with E-state index in [1.54, 1.807) is 55.6 Å². The normalized spacial score (nSPS) is 15.3. The molecule has 8 rings (SSSR count). The van der Waals surface area contributed by atoms with Gasteiger partial charge in [0.1, 0.15) is 23.7 Å². The molecule has 3 aliphatic heterocycles. The molecule has 2 saturated heterocycles. The number of benzene rings is 3. The molecule has 0 aliphatic carbocycles. The number of likely N-dealkylation sites (N-methyl/N-ethyl adjacent to an activating group) is 1. The van der Waals surface area contributed by atoms with Crippen molar-refractivity contribution in [3.05, 3.63) is 117 Å². The van der Waals surface area contributed by atoms with E-state index in [4.69, 9.17) is 21.1 Å². The molecule has 0 saturated carbocycles. The van der Waals surface area contributed by atoms with Gasteiger partial charge >= 0.3 is 0 Å². The van der Waals surface area contributed by atoms with Crippen LogP contribution in [-0.4, -0.2) is 70.1 Å². The third-order valence-corrected chi connectivity index (χ3v) is 11.6. The Morgan fingerprint density at radius 2 is 1.70 bits per heavy atom. The number of ether oxygens (including phenoxy) is 2. The van der Waals surface area contributed by atoms with Gasteiger partial charge in [-0.05, 0) is 85.5 Å². The van der Waals surface area contributed by atoms with E-state index in [0.717, 1.165) is 73.2 Å². The van der Waals surface area contributed by atoms with Crippen molar-refractivity contribution in [3.63, 3.8) is 0 Å². The number of anilines is 4. The van der Waals surface area contributed by atoms with Gasteiger partial charge in [-0.25, -0.2) is 13.2 Å². The zero-order valence-electron chi connectivity index (χ0n) is 30.5. The van der Waals surface area contributed by atoms with Crippen LogP contribution in [-0.2, 0) is 11.2 Å². The number of rotatable bonds is 7. The van der Waals surface area contributed by atoms with Crippen molar-refractivity contribution in [2.24, 2.45) is 5.41 Å². The standard InChI is InChI=1S/C21H23N3O4.C20H14ClF3N2OS/c1-27-18-7-6-17(20(26)22-16-4-2-15(12-25)3-5-16)19(23-18)24-13-21(14-24)8-10-28-11-9-21;1-26-5-4-10-6-17(28-19(10)13-3-2-11(22)9-16(13)26)20(27)25-18-14(21)7-12(23)8-15(18)24/h2-7,12H,8-11,13-14H2,1H3,(H,22,26);2-3,6-9H,4-5H2,1H3,(H,25,27). The number of hydrogen-bond acceptors (Lipinski definition) is 9. The molecule has 2 fully saturated rings. The molecule has 5 heterocycles. The van der Waals surface area contributed by atoms with Gasteiger partial charge in [0.15, 0.2) is 5.82 Å². The third kappa shape index (κ3) is 8.23. The second-order valence-corrected chi connectivity index (χ2v) is 15.3. The number of pyridine rings is 1. The van der Waals surface area contributed by atoms with E-state index in [1.165, 1.54) is 23.5 Å². The van der Waals surface area contributed by atoms with E-state index in [0.29, 0.717) is 52.4 Å². The molecule has 2 aromatic heterocycles. The summed E-state index contributed by atoms with van der Waals surface area (Å²) in [4.78, 5) is 46.2. The molecule has 0 atom stereocenters. The van der Waals surface area contributed by atoms with Crippen LogP contribution < -0.4 is 25.2 Å². The maximum Gasteiger partial charge on any atom is 0.265 e. The van der Waals surface area contributed by atoms with E-state index >= 15 is 0 Å². The van der Waals surface area contributed by atoms with Gasteiger partial charge in [0.25, 0.3) is 11.8 Å². The maximum absolute atomic E-state index is 14.0. The lowest BCUT2D eigenvalue weighted by Crippen LogP contribution is -2.59. The number of halogens is 4. The van der Waals surface area contributed by atoms with Crippen molar-refractivity contribution >= 4 is 63.9 Å². The number of fused-ring (bicyclic) bond motifs is 3. The summed E-state index contributed by atoms with van der Waals surface area (Å²) in [5, 5.41) is 5.08. The van der Waals surface area contributed by atoms with Crippen LogP contribution in [0, 0.1) is 22.9 Å². The predicted molar refractivity (Wildman–Crippen MR) is 211 cm³/mol. The van der Waals surface area contributed by atoms with Crippen LogP contribution in [0.25, 0.3) is 10.4 Å². The summed E-state index contributed by atoms with van der Waals surface area (Å²) >= 11 is 7.10. The Labute approximate surface area is 330 Å². The molecule has 56 heavy (non-hydrogen) atoms. The Balaban J connectivity index is 0.000000172. The highest BCUT2D eigenvalue weighted by Crippen LogP contribution is 2.44. The number of methoxy groups -OCH3 is 1. The second kappa shape index (κ2) is 16.3. The highest BCUT2D eigenvalue weighted by Gasteiger charge is 2.45. The Kier molecular flexibility index (Phi) is 11.3. The summed E-state index contributed by atoms with van der Waals surface area (Å²) < 4.78 is 51.6. The first-order valence-electron chi connectivity index (χ1n) is 17.8. The van der Waals surface area contributed by atoms with E-state index in [9.17, 15) is 27.6 Å². The van der Waals surface area contributed by atoms with Crippen molar-refractivity contribution in [2.45, 2.75) is 19.3 Å². The largest absolute Gasteiger partial charge is 0.481 e. The van der Waals surface area contributed by atoms with E-state index in [-0.39, 0.29) is 27.8 Å². The zero-order chi connectivity index (χ0) is 39.6. The smallest absolute Gasteiger partial charge is 0.265 e. The first-order chi connectivity index (χ1) is 27.0. The van der Waals surface area contributed by atoms with Crippen molar-refractivity contribution in [1.82, 2.24) is 4.98 Å². The lowest BCUT2D eigenvalue weighted by Gasteiger charge is -2.53. The van der Waals surface area contributed by atoms with Crippen LogP contribution in [0.4, 0.5) is 36.1 Å². The molecular formula is C41H37ClF3N5O5S. The highest BCUT2D eigenvalue weighted by molar-refractivity contribution is 7.17. The first-order valence-corrected chi connectivity index (χ1v) is 19.0. The Morgan fingerprint density at radius 1 is 0.946 bits per heavy atom. The molecule has 290 valence electrons. The van der Waals surface area contributed by atoms with E-state index in [1.807, 2.05) is 11.9 Å². The summed E-state index contributed by atoms with van der Waals surface area (Å²) in [6.07, 6.45) is 3.53. The topological polar surface area (TPSA) is 113 Å². The minimum Gasteiger partial charge on any atom is -0.481 e. The maximum atomic E-state index is 14.0. The number of aromatic nitrogens is 1. The van der Waals surface area contributed by atoms with Gasteiger partial charge in [-0.1, -0.05) is 11.6 Å². The fourth-order valence-corrected chi connectivity index (χ4v) is 8.43. The van der Waals surface area contributed by atoms with Gasteiger partial charge in [0.2, 0.25) is 5.88 Å². The molecule has 5 aromatic rings. The molecule has 2 N–H and O–H groups in total. The van der Waals surface area contributed by atoms with Gasteiger partial charge in [-0.15, -0.1) is 11.3 Å². The lowest BCUT2D eigenvalue weighted by atomic mass is 9.73. The number of nitrogens with one attached hydrogen (secondary N) is 2. The number of hydrogen-bond donors (Lipinski definition) is 2. The molecular weight excluding hydrogens is 767 g/mol. The molecule has 0 bridgehead atoms. The molecule has 2 amide bonds. The predicted octanol–water partition coefficient (Wildman–Crippen LogP) is 8.50. The van der Waals surface area contributed by atoms with Crippen LogP contribution >= 0.6 is 22.9 Å². The van der Waals surface area contributed by atoms with Gasteiger partial charge < -0.3 is 29.9 Å². The summed E-state index contributed by atoms with van der Waals surface area (Å²) in [7, 11) is 3.46. The molecule has 3 aromatic carbocycles. The number of amides is 2. The van der Waals surface area contributed by atoms with Crippen molar-refractivity contribution in [2.75, 3.05) is 67.4 Å². The minimum absolute atomic E-state index is 0.216. The second-order valence-electron chi connectivity index (χ2n) is 13.9. The molecule has 3 aliphatic rings. The highest BCUT2D eigenvalue weighted by atomic mass is 35.5. The molecule has 10 nitrogen and oxygen atoms in total. The Hall–Kier alpha value is -5.44. The first kappa shape index (κ1) is 38.8. The van der Waals surface area contributed by atoms with Crippen molar-refractivity contribution < 1.29 is 37.0 Å². The molecule has 1 spiro atoms.